The smallest absolute Gasteiger partial charge is 0.0915 e. The SMILES string of the molecule is Nc1c(Cl)cc(C(O)CNCCCOCCOCCCc2ccccc2)cc1Cl. The zero-order valence-corrected chi connectivity index (χ0v) is 18.1. The van der Waals surface area contributed by atoms with Crippen molar-refractivity contribution in [3.05, 3.63) is 63.6 Å². The molecule has 1 unspecified atom stereocenters. The second-order valence-corrected chi connectivity index (χ2v) is 7.60. The summed E-state index contributed by atoms with van der Waals surface area (Å²) in [5.74, 6) is 0. The Kier molecular flexibility index (Phi) is 11.4. The summed E-state index contributed by atoms with van der Waals surface area (Å²) in [5, 5.41) is 14.1. The van der Waals surface area contributed by atoms with Crippen molar-refractivity contribution < 1.29 is 14.6 Å². The Labute approximate surface area is 183 Å². The van der Waals surface area contributed by atoms with Gasteiger partial charge in [0.05, 0.1) is 35.1 Å². The van der Waals surface area contributed by atoms with Gasteiger partial charge in [0.1, 0.15) is 0 Å². The van der Waals surface area contributed by atoms with E-state index in [0.717, 1.165) is 32.4 Å². The Balaban J connectivity index is 1.42. The van der Waals surface area contributed by atoms with E-state index in [1.807, 2.05) is 6.07 Å². The Morgan fingerprint density at radius 3 is 2.21 bits per heavy atom. The largest absolute Gasteiger partial charge is 0.396 e. The molecule has 4 N–H and O–H groups in total. The van der Waals surface area contributed by atoms with E-state index in [2.05, 4.69) is 29.6 Å². The Bertz CT molecular complexity index is 693. The van der Waals surface area contributed by atoms with Crippen LogP contribution in [0.25, 0.3) is 0 Å². The van der Waals surface area contributed by atoms with Crippen molar-refractivity contribution in [3.63, 3.8) is 0 Å². The Morgan fingerprint density at radius 1 is 0.931 bits per heavy atom. The van der Waals surface area contributed by atoms with Gasteiger partial charge in [-0.1, -0.05) is 53.5 Å². The van der Waals surface area contributed by atoms with Gasteiger partial charge < -0.3 is 25.6 Å². The number of hydrogen-bond donors (Lipinski definition) is 3. The van der Waals surface area contributed by atoms with Crippen molar-refractivity contribution in [2.75, 3.05) is 45.3 Å². The molecule has 1 atom stereocenters. The summed E-state index contributed by atoms with van der Waals surface area (Å²) in [4.78, 5) is 0. The fourth-order valence-corrected chi connectivity index (χ4v) is 3.30. The predicted molar refractivity (Wildman–Crippen MR) is 120 cm³/mol. The van der Waals surface area contributed by atoms with Crippen molar-refractivity contribution in [2.24, 2.45) is 0 Å². The third-order valence-corrected chi connectivity index (χ3v) is 5.06. The highest BCUT2D eigenvalue weighted by molar-refractivity contribution is 6.38. The molecular weight excluding hydrogens is 411 g/mol. The number of nitrogen functional groups attached to an aromatic ring is 1. The van der Waals surface area contributed by atoms with E-state index in [-0.39, 0.29) is 0 Å². The maximum Gasteiger partial charge on any atom is 0.0915 e. The normalized spacial score (nSPS) is 12.2. The van der Waals surface area contributed by atoms with Gasteiger partial charge in [0.2, 0.25) is 0 Å². The standard InChI is InChI=1S/C22H30Cl2N2O3/c23-19-14-18(15-20(24)22(19)25)21(27)16-26-9-5-11-29-13-12-28-10-4-8-17-6-2-1-3-7-17/h1-3,6-7,14-15,21,26-27H,4-5,8-13,16,25H2. The van der Waals surface area contributed by atoms with Gasteiger partial charge in [0.15, 0.2) is 0 Å². The number of halogens is 2. The highest BCUT2D eigenvalue weighted by atomic mass is 35.5. The third-order valence-electron chi connectivity index (χ3n) is 4.44. The number of nitrogens with one attached hydrogen (secondary N) is 1. The van der Waals surface area contributed by atoms with Crippen molar-refractivity contribution in [2.45, 2.75) is 25.4 Å². The van der Waals surface area contributed by atoms with Crippen LogP contribution in [0.1, 0.15) is 30.1 Å². The highest BCUT2D eigenvalue weighted by Crippen LogP contribution is 2.31. The van der Waals surface area contributed by atoms with Crippen molar-refractivity contribution in [3.8, 4) is 0 Å². The molecule has 7 heteroatoms. The highest BCUT2D eigenvalue weighted by Gasteiger charge is 2.11. The lowest BCUT2D eigenvalue weighted by Crippen LogP contribution is -2.23. The summed E-state index contributed by atoms with van der Waals surface area (Å²) in [6.45, 7) is 3.75. The molecule has 0 amide bonds. The van der Waals surface area contributed by atoms with Crippen LogP contribution in [-0.2, 0) is 15.9 Å². The minimum atomic E-state index is -0.698. The van der Waals surface area contributed by atoms with E-state index in [1.54, 1.807) is 12.1 Å². The Hall–Kier alpha value is -1.34. The van der Waals surface area contributed by atoms with E-state index in [4.69, 9.17) is 38.4 Å². The van der Waals surface area contributed by atoms with Crippen LogP contribution in [0.3, 0.4) is 0 Å². The van der Waals surface area contributed by atoms with Crippen LogP contribution in [0.15, 0.2) is 42.5 Å². The molecule has 160 valence electrons. The molecule has 0 heterocycles. The van der Waals surface area contributed by atoms with Gasteiger partial charge in [-0.3, -0.25) is 0 Å². The van der Waals surface area contributed by atoms with Crippen LogP contribution in [0, 0.1) is 0 Å². The fraction of sp³-hybridized carbons (Fsp3) is 0.455. The Morgan fingerprint density at radius 2 is 1.55 bits per heavy atom. The number of aryl methyl sites for hydroxylation is 1. The number of aliphatic hydroxyl groups excluding tert-OH is 1. The second kappa shape index (κ2) is 13.8. The van der Waals surface area contributed by atoms with Crippen LogP contribution in [0.2, 0.25) is 10.0 Å². The molecule has 0 spiro atoms. The summed E-state index contributed by atoms with van der Waals surface area (Å²) in [6.07, 6.45) is 2.20. The number of anilines is 1. The van der Waals surface area contributed by atoms with Crippen LogP contribution in [-0.4, -0.2) is 44.6 Å². The molecule has 29 heavy (non-hydrogen) atoms. The molecule has 0 radical (unpaired) electrons. The van der Waals surface area contributed by atoms with Gasteiger partial charge in [-0.25, -0.2) is 0 Å². The average Bonchev–Trinajstić information content (AvgIpc) is 2.73. The van der Waals surface area contributed by atoms with E-state index in [1.165, 1.54) is 5.56 Å². The van der Waals surface area contributed by atoms with E-state index >= 15 is 0 Å². The molecule has 0 aliphatic rings. The topological polar surface area (TPSA) is 76.7 Å². The monoisotopic (exact) mass is 440 g/mol. The lowest BCUT2D eigenvalue weighted by Gasteiger charge is -2.14. The number of aliphatic hydroxyl groups is 1. The van der Waals surface area contributed by atoms with Gasteiger partial charge in [0.25, 0.3) is 0 Å². The number of hydrogen-bond acceptors (Lipinski definition) is 5. The van der Waals surface area contributed by atoms with E-state index < -0.39 is 6.10 Å². The quantitative estimate of drug-likeness (QED) is 0.302. The average molecular weight is 441 g/mol. The minimum Gasteiger partial charge on any atom is -0.396 e. The molecule has 2 aromatic rings. The molecule has 0 saturated heterocycles. The summed E-state index contributed by atoms with van der Waals surface area (Å²) < 4.78 is 11.1. The van der Waals surface area contributed by atoms with Crippen LogP contribution < -0.4 is 11.1 Å². The summed E-state index contributed by atoms with van der Waals surface area (Å²) in [5.41, 5.74) is 8.01. The van der Waals surface area contributed by atoms with Crippen LogP contribution in [0.4, 0.5) is 5.69 Å². The molecule has 0 aliphatic carbocycles. The van der Waals surface area contributed by atoms with Crippen molar-refractivity contribution in [1.29, 1.82) is 0 Å². The maximum absolute atomic E-state index is 10.2. The number of ether oxygens (including phenoxy) is 2. The first kappa shape index (κ1) is 23.9. The summed E-state index contributed by atoms with van der Waals surface area (Å²) in [7, 11) is 0. The lowest BCUT2D eigenvalue weighted by molar-refractivity contribution is 0.0459. The molecule has 0 saturated carbocycles. The zero-order valence-electron chi connectivity index (χ0n) is 16.6. The molecule has 0 aliphatic heterocycles. The van der Waals surface area contributed by atoms with E-state index in [9.17, 15) is 5.11 Å². The van der Waals surface area contributed by atoms with Gasteiger partial charge in [0, 0.05) is 19.8 Å². The number of benzene rings is 2. The molecule has 0 aromatic heterocycles. The first-order valence-electron chi connectivity index (χ1n) is 9.90. The lowest BCUT2D eigenvalue weighted by atomic mass is 10.1. The van der Waals surface area contributed by atoms with Crippen molar-refractivity contribution in [1.82, 2.24) is 5.32 Å². The molecular formula is C22H30Cl2N2O3. The third kappa shape index (κ3) is 9.34. The first-order chi connectivity index (χ1) is 14.1. The van der Waals surface area contributed by atoms with Crippen LogP contribution in [0.5, 0.6) is 0 Å². The molecule has 0 bridgehead atoms. The number of rotatable bonds is 14. The number of nitrogens with two attached hydrogens (primary N) is 1. The van der Waals surface area contributed by atoms with Crippen LogP contribution >= 0.6 is 23.2 Å². The van der Waals surface area contributed by atoms with Gasteiger partial charge in [-0.05, 0) is 49.1 Å². The summed E-state index contributed by atoms with van der Waals surface area (Å²) in [6, 6.07) is 13.7. The van der Waals surface area contributed by atoms with Gasteiger partial charge >= 0.3 is 0 Å². The van der Waals surface area contributed by atoms with Crippen molar-refractivity contribution >= 4 is 28.9 Å². The fourth-order valence-electron chi connectivity index (χ4n) is 2.80. The second-order valence-electron chi connectivity index (χ2n) is 6.79. The van der Waals surface area contributed by atoms with Gasteiger partial charge in [-0.15, -0.1) is 0 Å². The molecule has 5 nitrogen and oxygen atoms in total. The van der Waals surface area contributed by atoms with E-state index in [0.29, 0.717) is 47.7 Å². The molecule has 2 rings (SSSR count). The first-order valence-corrected chi connectivity index (χ1v) is 10.7. The predicted octanol–water partition coefficient (Wildman–Crippen LogP) is 4.25. The summed E-state index contributed by atoms with van der Waals surface area (Å²) >= 11 is 12.0. The molecule has 0 fully saturated rings. The maximum atomic E-state index is 10.2. The van der Waals surface area contributed by atoms with Gasteiger partial charge in [-0.2, -0.15) is 0 Å². The molecule has 2 aromatic carbocycles. The minimum absolute atomic E-state index is 0.328. The zero-order chi connectivity index (χ0) is 20.9.